The standard InChI is InChI=1S/C20H17BrN2O3/c1-13(16-5-2-3-6-17(16)21)22-19(24)14-8-10-15(11-9-14)23-20(25)18-7-4-12-26-18/h2-13H,1H3,(H,22,24)(H,23,25). The zero-order chi connectivity index (χ0) is 18.5. The Hall–Kier alpha value is -2.86. The minimum Gasteiger partial charge on any atom is -0.459 e. The number of carbonyl (C=O) groups is 2. The molecule has 2 aromatic carbocycles. The summed E-state index contributed by atoms with van der Waals surface area (Å²) in [5.74, 6) is -0.291. The van der Waals surface area contributed by atoms with Crippen LogP contribution in [0.3, 0.4) is 0 Å². The molecule has 5 nitrogen and oxygen atoms in total. The third-order valence-electron chi connectivity index (χ3n) is 3.87. The largest absolute Gasteiger partial charge is 0.459 e. The molecule has 1 heterocycles. The van der Waals surface area contributed by atoms with Gasteiger partial charge in [-0.05, 0) is 55.0 Å². The lowest BCUT2D eigenvalue weighted by Crippen LogP contribution is -2.26. The fourth-order valence-corrected chi connectivity index (χ4v) is 3.12. The number of anilines is 1. The van der Waals surface area contributed by atoms with Gasteiger partial charge in [-0.15, -0.1) is 0 Å². The first-order valence-electron chi connectivity index (χ1n) is 8.05. The Kier molecular flexibility index (Phi) is 5.53. The molecule has 1 atom stereocenters. The van der Waals surface area contributed by atoms with Crippen LogP contribution in [0.2, 0.25) is 0 Å². The van der Waals surface area contributed by atoms with E-state index in [0.717, 1.165) is 10.0 Å². The van der Waals surface area contributed by atoms with E-state index in [9.17, 15) is 9.59 Å². The molecule has 3 rings (SSSR count). The molecular formula is C20H17BrN2O3. The van der Waals surface area contributed by atoms with Gasteiger partial charge in [0.2, 0.25) is 0 Å². The van der Waals surface area contributed by atoms with Crippen molar-refractivity contribution in [2.45, 2.75) is 13.0 Å². The second-order valence-corrected chi connectivity index (χ2v) is 6.58. The van der Waals surface area contributed by atoms with Gasteiger partial charge in [0.1, 0.15) is 0 Å². The van der Waals surface area contributed by atoms with Crippen LogP contribution in [0.25, 0.3) is 0 Å². The van der Waals surface area contributed by atoms with E-state index in [1.807, 2.05) is 31.2 Å². The maximum Gasteiger partial charge on any atom is 0.291 e. The second kappa shape index (κ2) is 8.01. The van der Waals surface area contributed by atoms with Gasteiger partial charge in [0.15, 0.2) is 5.76 Å². The summed E-state index contributed by atoms with van der Waals surface area (Å²) in [7, 11) is 0. The van der Waals surface area contributed by atoms with E-state index in [4.69, 9.17) is 4.42 Å². The highest BCUT2D eigenvalue weighted by Gasteiger charge is 2.14. The molecule has 0 aliphatic rings. The van der Waals surface area contributed by atoms with Crippen LogP contribution in [-0.4, -0.2) is 11.8 Å². The Balaban J connectivity index is 1.63. The van der Waals surface area contributed by atoms with Crippen LogP contribution in [0.1, 0.15) is 39.4 Å². The van der Waals surface area contributed by atoms with Crippen molar-refractivity contribution in [2.75, 3.05) is 5.32 Å². The highest BCUT2D eigenvalue weighted by Crippen LogP contribution is 2.23. The molecule has 0 fully saturated rings. The van der Waals surface area contributed by atoms with Gasteiger partial charge in [0, 0.05) is 15.7 Å². The molecule has 0 bridgehead atoms. The van der Waals surface area contributed by atoms with E-state index >= 15 is 0 Å². The summed E-state index contributed by atoms with van der Waals surface area (Å²) >= 11 is 3.49. The maximum atomic E-state index is 12.4. The lowest BCUT2D eigenvalue weighted by Gasteiger charge is -2.16. The van der Waals surface area contributed by atoms with Gasteiger partial charge in [0.25, 0.3) is 11.8 Å². The Morgan fingerprint density at radius 1 is 0.962 bits per heavy atom. The number of benzene rings is 2. The quantitative estimate of drug-likeness (QED) is 0.632. The van der Waals surface area contributed by atoms with E-state index in [1.165, 1.54) is 6.26 Å². The first kappa shape index (κ1) is 17.9. The van der Waals surface area contributed by atoms with Gasteiger partial charge in [-0.1, -0.05) is 34.1 Å². The second-order valence-electron chi connectivity index (χ2n) is 5.73. The Morgan fingerprint density at radius 3 is 2.35 bits per heavy atom. The first-order valence-corrected chi connectivity index (χ1v) is 8.84. The van der Waals surface area contributed by atoms with Gasteiger partial charge in [-0.3, -0.25) is 9.59 Å². The maximum absolute atomic E-state index is 12.4. The molecule has 2 amide bonds. The monoisotopic (exact) mass is 412 g/mol. The van der Waals surface area contributed by atoms with Crippen LogP contribution in [0.5, 0.6) is 0 Å². The van der Waals surface area contributed by atoms with Gasteiger partial charge >= 0.3 is 0 Å². The molecular weight excluding hydrogens is 396 g/mol. The predicted molar refractivity (Wildman–Crippen MR) is 103 cm³/mol. The fourth-order valence-electron chi connectivity index (χ4n) is 2.49. The molecule has 0 saturated carbocycles. The molecule has 1 unspecified atom stereocenters. The minimum absolute atomic E-state index is 0.142. The molecule has 0 radical (unpaired) electrons. The molecule has 0 spiro atoms. The number of carbonyl (C=O) groups excluding carboxylic acids is 2. The molecule has 1 aromatic heterocycles. The van der Waals surface area contributed by atoms with Crippen molar-refractivity contribution in [1.29, 1.82) is 0 Å². The van der Waals surface area contributed by atoms with Crippen molar-refractivity contribution in [1.82, 2.24) is 5.32 Å². The zero-order valence-corrected chi connectivity index (χ0v) is 15.6. The van der Waals surface area contributed by atoms with Crippen LogP contribution >= 0.6 is 15.9 Å². The average molecular weight is 413 g/mol. The van der Waals surface area contributed by atoms with E-state index in [1.54, 1.807) is 36.4 Å². The van der Waals surface area contributed by atoms with Crippen molar-refractivity contribution >= 4 is 33.4 Å². The number of furan rings is 1. The lowest BCUT2D eigenvalue weighted by molar-refractivity contribution is 0.0939. The predicted octanol–water partition coefficient (Wildman–Crippen LogP) is 4.79. The Labute approximate surface area is 159 Å². The van der Waals surface area contributed by atoms with Gasteiger partial charge in [0.05, 0.1) is 12.3 Å². The van der Waals surface area contributed by atoms with Gasteiger partial charge < -0.3 is 15.1 Å². The molecule has 2 N–H and O–H groups in total. The van der Waals surface area contributed by atoms with Crippen LogP contribution in [0.15, 0.2) is 75.8 Å². The molecule has 3 aromatic rings. The van der Waals surface area contributed by atoms with Gasteiger partial charge in [-0.2, -0.15) is 0 Å². The zero-order valence-electron chi connectivity index (χ0n) is 14.0. The van der Waals surface area contributed by atoms with Crippen molar-refractivity contribution in [3.05, 3.63) is 88.3 Å². The number of hydrogen-bond acceptors (Lipinski definition) is 3. The lowest BCUT2D eigenvalue weighted by atomic mass is 10.1. The third-order valence-corrected chi connectivity index (χ3v) is 4.59. The number of amides is 2. The normalized spacial score (nSPS) is 11.6. The minimum atomic E-state index is -0.338. The number of hydrogen-bond donors (Lipinski definition) is 2. The Morgan fingerprint density at radius 2 is 1.69 bits per heavy atom. The van der Waals surface area contributed by atoms with Crippen LogP contribution < -0.4 is 10.6 Å². The van der Waals surface area contributed by atoms with Crippen LogP contribution in [0.4, 0.5) is 5.69 Å². The van der Waals surface area contributed by atoms with Crippen LogP contribution in [-0.2, 0) is 0 Å². The molecule has 132 valence electrons. The molecule has 0 aliphatic carbocycles. The first-order chi connectivity index (χ1) is 12.5. The SMILES string of the molecule is CC(NC(=O)c1ccc(NC(=O)c2ccco2)cc1)c1ccccc1Br. The average Bonchev–Trinajstić information content (AvgIpc) is 3.17. The molecule has 26 heavy (non-hydrogen) atoms. The molecule has 0 aliphatic heterocycles. The van der Waals surface area contributed by atoms with Crippen molar-refractivity contribution in [3.63, 3.8) is 0 Å². The Bertz CT molecular complexity index is 905. The highest BCUT2D eigenvalue weighted by atomic mass is 79.9. The summed E-state index contributed by atoms with van der Waals surface area (Å²) in [4.78, 5) is 24.4. The number of nitrogens with one attached hydrogen (secondary N) is 2. The van der Waals surface area contributed by atoms with Gasteiger partial charge in [-0.25, -0.2) is 0 Å². The number of rotatable bonds is 5. The van der Waals surface area contributed by atoms with E-state index in [0.29, 0.717) is 11.3 Å². The molecule has 0 saturated heterocycles. The van der Waals surface area contributed by atoms with Crippen molar-refractivity contribution < 1.29 is 14.0 Å². The third kappa shape index (κ3) is 4.21. The summed E-state index contributed by atoms with van der Waals surface area (Å²) in [6, 6.07) is 17.5. The van der Waals surface area contributed by atoms with Crippen molar-refractivity contribution in [2.24, 2.45) is 0 Å². The van der Waals surface area contributed by atoms with E-state index in [-0.39, 0.29) is 23.6 Å². The summed E-state index contributed by atoms with van der Waals surface area (Å²) in [5.41, 5.74) is 2.10. The smallest absolute Gasteiger partial charge is 0.291 e. The summed E-state index contributed by atoms with van der Waals surface area (Å²) in [6.45, 7) is 1.93. The van der Waals surface area contributed by atoms with Crippen LogP contribution in [0, 0.1) is 0 Å². The van der Waals surface area contributed by atoms with Crippen molar-refractivity contribution in [3.8, 4) is 0 Å². The fraction of sp³-hybridized carbons (Fsp3) is 0.100. The summed E-state index contributed by atoms with van der Waals surface area (Å²) in [5, 5.41) is 5.68. The summed E-state index contributed by atoms with van der Waals surface area (Å²) in [6.07, 6.45) is 1.44. The van der Waals surface area contributed by atoms with E-state index < -0.39 is 0 Å². The number of halogens is 1. The topological polar surface area (TPSA) is 71.3 Å². The highest BCUT2D eigenvalue weighted by molar-refractivity contribution is 9.10. The molecule has 6 heteroatoms. The van der Waals surface area contributed by atoms with E-state index in [2.05, 4.69) is 26.6 Å². The summed E-state index contributed by atoms with van der Waals surface area (Å²) < 4.78 is 5.99.